The van der Waals surface area contributed by atoms with E-state index in [1.165, 1.54) is 12.1 Å². The van der Waals surface area contributed by atoms with Crippen LogP contribution >= 0.6 is 0 Å². The van der Waals surface area contributed by atoms with Gasteiger partial charge in [0.25, 0.3) is 0 Å². The lowest BCUT2D eigenvalue weighted by Crippen LogP contribution is -2.46. The van der Waals surface area contributed by atoms with E-state index in [1.54, 1.807) is 17.0 Å². The summed E-state index contributed by atoms with van der Waals surface area (Å²) in [7, 11) is 0. The molecule has 1 aliphatic carbocycles. The first-order chi connectivity index (χ1) is 13.0. The number of hydrogen-bond acceptors (Lipinski definition) is 5. The molecule has 1 aliphatic heterocycles. The predicted octanol–water partition coefficient (Wildman–Crippen LogP) is 2.12. The molecule has 4 rings (SSSR count). The lowest BCUT2D eigenvalue weighted by atomic mass is 9.81. The third-order valence-electron chi connectivity index (χ3n) is 5.39. The average Bonchev–Trinajstić information content (AvgIpc) is 2.68. The second-order valence-electron chi connectivity index (χ2n) is 7.14. The highest BCUT2D eigenvalue weighted by Gasteiger charge is 2.31. The molecule has 1 aromatic carbocycles. The SMILES string of the molecule is Cc1nc(N2CCN(C=O)CC2)nc2c1C(=O)CC(c1ccc(F)cc1)C2. The smallest absolute Gasteiger partial charge is 0.225 e. The Kier molecular flexibility index (Phi) is 4.59. The van der Waals surface area contributed by atoms with Gasteiger partial charge in [-0.2, -0.15) is 0 Å². The van der Waals surface area contributed by atoms with E-state index in [0.717, 1.165) is 17.7 Å². The number of ketones is 1. The number of anilines is 1. The van der Waals surface area contributed by atoms with Gasteiger partial charge in [-0.05, 0) is 37.0 Å². The summed E-state index contributed by atoms with van der Waals surface area (Å²) in [4.78, 5) is 36.7. The van der Waals surface area contributed by atoms with Crippen molar-refractivity contribution in [2.45, 2.75) is 25.7 Å². The van der Waals surface area contributed by atoms with Crippen LogP contribution in [0.1, 0.15) is 39.6 Å². The van der Waals surface area contributed by atoms with E-state index >= 15 is 0 Å². The van der Waals surface area contributed by atoms with Gasteiger partial charge in [0.1, 0.15) is 5.82 Å². The van der Waals surface area contributed by atoms with E-state index in [0.29, 0.717) is 56.2 Å². The number of Topliss-reactive ketones (excluding diaryl/α,β-unsaturated/α-hetero) is 1. The molecule has 0 saturated carbocycles. The van der Waals surface area contributed by atoms with Crippen molar-refractivity contribution in [2.75, 3.05) is 31.1 Å². The number of halogens is 1. The van der Waals surface area contributed by atoms with Crippen molar-refractivity contribution in [3.63, 3.8) is 0 Å². The number of hydrogen-bond donors (Lipinski definition) is 0. The van der Waals surface area contributed by atoms with Crippen LogP contribution in [0.15, 0.2) is 24.3 Å². The Hall–Kier alpha value is -2.83. The van der Waals surface area contributed by atoms with Gasteiger partial charge in [0.15, 0.2) is 5.78 Å². The highest BCUT2D eigenvalue weighted by Crippen LogP contribution is 2.33. The molecule has 6 nitrogen and oxygen atoms in total. The number of aromatic nitrogens is 2. The molecule has 1 fully saturated rings. The molecule has 2 aliphatic rings. The molecule has 0 radical (unpaired) electrons. The average molecular weight is 368 g/mol. The fourth-order valence-corrected chi connectivity index (χ4v) is 3.90. The molecule has 1 unspecified atom stereocenters. The van der Waals surface area contributed by atoms with Crippen molar-refractivity contribution in [1.29, 1.82) is 0 Å². The summed E-state index contributed by atoms with van der Waals surface area (Å²) in [5, 5.41) is 0. The van der Waals surface area contributed by atoms with Crippen LogP contribution in [-0.2, 0) is 11.2 Å². The molecule has 0 bridgehead atoms. The van der Waals surface area contributed by atoms with Crippen molar-refractivity contribution >= 4 is 18.1 Å². The number of nitrogens with zero attached hydrogens (tertiary/aromatic N) is 4. The maximum absolute atomic E-state index is 13.2. The Bertz CT molecular complexity index is 876. The van der Waals surface area contributed by atoms with Crippen LogP contribution in [0.2, 0.25) is 0 Å². The third-order valence-corrected chi connectivity index (χ3v) is 5.39. The molecular weight excluding hydrogens is 347 g/mol. The fraction of sp³-hybridized carbons (Fsp3) is 0.400. The van der Waals surface area contributed by atoms with E-state index in [9.17, 15) is 14.0 Å². The molecule has 1 saturated heterocycles. The Morgan fingerprint density at radius 2 is 1.78 bits per heavy atom. The molecule has 1 atom stereocenters. The lowest BCUT2D eigenvalue weighted by Gasteiger charge is -2.33. The quantitative estimate of drug-likeness (QED) is 0.777. The first-order valence-corrected chi connectivity index (χ1v) is 9.15. The first-order valence-electron chi connectivity index (χ1n) is 9.15. The number of amides is 1. The molecule has 140 valence electrons. The molecule has 0 N–H and O–H groups in total. The summed E-state index contributed by atoms with van der Waals surface area (Å²) in [6, 6.07) is 6.34. The zero-order valence-electron chi connectivity index (χ0n) is 15.2. The number of carbonyl (C=O) groups is 2. The van der Waals surface area contributed by atoms with Crippen LogP contribution < -0.4 is 4.90 Å². The second-order valence-corrected chi connectivity index (χ2v) is 7.14. The van der Waals surface area contributed by atoms with Gasteiger partial charge in [0, 0.05) is 32.6 Å². The van der Waals surface area contributed by atoms with Crippen molar-refractivity contribution in [3.05, 3.63) is 52.6 Å². The number of piperazine rings is 1. The molecule has 1 aromatic heterocycles. The number of fused-ring (bicyclic) bond motifs is 1. The van der Waals surface area contributed by atoms with Gasteiger partial charge in [-0.25, -0.2) is 14.4 Å². The summed E-state index contributed by atoms with van der Waals surface area (Å²) in [5.41, 5.74) is 3.05. The number of carbonyl (C=O) groups excluding carboxylic acids is 2. The van der Waals surface area contributed by atoms with Crippen molar-refractivity contribution in [2.24, 2.45) is 0 Å². The van der Waals surface area contributed by atoms with E-state index < -0.39 is 0 Å². The van der Waals surface area contributed by atoms with E-state index in [-0.39, 0.29) is 17.5 Å². The highest BCUT2D eigenvalue weighted by atomic mass is 19.1. The molecule has 2 heterocycles. The van der Waals surface area contributed by atoms with E-state index in [1.807, 2.05) is 6.92 Å². The number of aryl methyl sites for hydroxylation is 1. The second kappa shape index (κ2) is 7.06. The van der Waals surface area contributed by atoms with Gasteiger partial charge in [0.2, 0.25) is 12.4 Å². The summed E-state index contributed by atoms with van der Waals surface area (Å²) >= 11 is 0. The van der Waals surface area contributed by atoms with Crippen LogP contribution in [0.5, 0.6) is 0 Å². The number of rotatable bonds is 3. The summed E-state index contributed by atoms with van der Waals surface area (Å²) in [6.45, 7) is 4.47. The minimum Gasteiger partial charge on any atom is -0.342 e. The van der Waals surface area contributed by atoms with E-state index in [4.69, 9.17) is 4.98 Å². The molecule has 2 aromatic rings. The summed E-state index contributed by atoms with van der Waals surface area (Å²) < 4.78 is 13.2. The molecule has 7 heteroatoms. The molecular formula is C20H21FN4O2. The van der Waals surface area contributed by atoms with Gasteiger partial charge in [0.05, 0.1) is 17.0 Å². The fourth-order valence-electron chi connectivity index (χ4n) is 3.90. The predicted molar refractivity (Wildman–Crippen MR) is 98.4 cm³/mol. The third kappa shape index (κ3) is 3.41. The number of benzene rings is 1. The Labute approximate surface area is 157 Å². The van der Waals surface area contributed by atoms with Crippen LogP contribution in [0.25, 0.3) is 0 Å². The van der Waals surface area contributed by atoms with Crippen molar-refractivity contribution in [3.8, 4) is 0 Å². The molecule has 27 heavy (non-hydrogen) atoms. The topological polar surface area (TPSA) is 66.4 Å². The van der Waals surface area contributed by atoms with E-state index in [2.05, 4.69) is 9.88 Å². The largest absolute Gasteiger partial charge is 0.342 e. The standard InChI is InChI=1S/C20H21FN4O2/c1-13-19-17(23-20(22-13)25-8-6-24(12-26)7-9-25)10-15(11-18(19)27)14-2-4-16(21)5-3-14/h2-5,12,15H,6-11H2,1H3. The zero-order valence-corrected chi connectivity index (χ0v) is 15.2. The lowest BCUT2D eigenvalue weighted by molar-refractivity contribution is -0.118. The molecule has 1 amide bonds. The van der Waals surface area contributed by atoms with Gasteiger partial charge < -0.3 is 9.80 Å². The monoisotopic (exact) mass is 368 g/mol. The van der Waals surface area contributed by atoms with Crippen LogP contribution in [0.3, 0.4) is 0 Å². The maximum Gasteiger partial charge on any atom is 0.225 e. The van der Waals surface area contributed by atoms with Crippen LogP contribution in [-0.4, -0.2) is 53.2 Å². The first kappa shape index (κ1) is 17.6. The summed E-state index contributed by atoms with van der Waals surface area (Å²) in [5.74, 6) is 0.376. The van der Waals surface area contributed by atoms with Gasteiger partial charge in [-0.3, -0.25) is 9.59 Å². The zero-order chi connectivity index (χ0) is 19.0. The normalized spacial score (nSPS) is 19.8. The Morgan fingerprint density at radius 3 is 2.44 bits per heavy atom. The summed E-state index contributed by atoms with van der Waals surface area (Å²) in [6.07, 6.45) is 1.89. The van der Waals surface area contributed by atoms with Gasteiger partial charge >= 0.3 is 0 Å². The minimum absolute atomic E-state index is 0.000314. The Morgan fingerprint density at radius 1 is 1.07 bits per heavy atom. The van der Waals surface area contributed by atoms with Crippen LogP contribution in [0.4, 0.5) is 10.3 Å². The van der Waals surface area contributed by atoms with Crippen LogP contribution in [0, 0.1) is 12.7 Å². The van der Waals surface area contributed by atoms with Gasteiger partial charge in [-0.1, -0.05) is 12.1 Å². The van der Waals surface area contributed by atoms with Crippen molar-refractivity contribution in [1.82, 2.24) is 14.9 Å². The molecule has 0 spiro atoms. The van der Waals surface area contributed by atoms with Gasteiger partial charge in [-0.15, -0.1) is 0 Å². The Balaban J connectivity index is 1.62. The maximum atomic E-state index is 13.2. The van der Waals surface area contributed by atoms with Crippen molar-refractivity contribution < 1.29 is 14.0 Å². The minimum atomic E-state index is -0.281. The highest BCUT2D eigenvalue weighted by molar-refractivity contribution is 5.99.